The van der Waals surface area contributed by atoms with Crippen LogP contribution in [-0.4, -0.2) is 50.8 Å². The lowest BCUT2D eigenvalue weighted by Crippen LogP contribution is -2.43. The second-order valence-electron chi connectivity index (χ2n) is 5.27. The fourth-order valence-corrected chi connectivity index (χ4v) is 2.22. The Labute approximate surface area is 98.6 Å². The van der Waals surface area contributed by atoms with Crippen LogP contribution in [0, 0.1) is 16.7 Å². The summed E-state index contributed by atoms with van der Waals surface area (Å²) in [7, 11) is 1.72. The van der Waals surface area contributed by atoms with Crippen molar-refractivity contribution in [3.8, 4) is 6.07 Å². The molecule has 1 heterocycles. The highest BCUT2D eigenvalue weighted by molar-refractivity contribution is 4.90. The standard InChI is InChI=1S/C12H23N3O/c1-12(2)9-14-8-11(4-5-13)15(10-12)6-7-16-3/h11,14H,4,6-10H2,1-3H3. The topological polar surface area (TPSA) is 48.3 Å². The van der Waals surface area contributed by atoms with Gasteiger partial charge in [0.1, 0.15) is 0 Å². The average Bonchev–Trinajstić information content (AvgIpc) is 2.35. The maximum atomic E-state index is 8.85. The Bertz CT molecular complexity index is 247. The molecule has 1 unspecified atom stereocenters. The smallest absolute Gasteiger partial charge is 0.0638 e. The van der Waals surface area contributed by atoms with E-state index in [9.17, 15) is 0 Å². The third kappa shape index (κ3) is 4.09. The molecule has 0 aliphatic carbocycles. The monoisotopic (exact) mass is 225 g/mol. The van der Waals surface area contributed by atoms with Crippen molar-refractivity contribution in [1.29, 1.82) is 5.26 Å². The molecule has 1 rings (SSSR count). The molecule has 0 saturated carbocycles. The van der Waals surface area contributed by atoms with E-state index in [4.69, 9.17) is 10.00 Å². The lowest BCUT2D eigenvalue weighted by Gasteiger charge is -2.32. The van der Waals surface area contributed by atoms with Gasteiger partial charge in [0.15, 0.2) is 0 Å². The highest BCUT2D eigenvalue weighted by atomic mass is 16.5. The summed E-state index contributed by atoms with van der Waals surface area (Å²) in [5.41, 5.74) is 0.262. The van der Waals surface area contributed by atoms with Crippen LogP contribution in [0.1, 0.15) is 20.3 Å². The first-order valence-corrected chi connectivity index (χ1v) is 5.90. The van der Waals surface area contributed by atoms with Gasteiger partial charge in [-0.25, -0.2) is 0 Å². The van der Waals surface area contributed by atoms with E-state index in [1.807, 2.05) is 0 Å². The number of ether oxygens (including phenoxy) is 1. The quantitative estimate of drug-likeness (QED) is 0.770. The number of hydrogen-bond acceptors (Lipinski definition) is 4. The minimum absolute atomic E-state index is 0.262. The molecule has 1 fully saturated rings. The van der Waals surface area contributed by atoms with Crippen molar-refractivity contribution in [1.82, 2.24) is 10.2 Å². The first-order chi connectivity index (χ1) is 7.59. The van der Waals surface area contributed by atoms with Gasteiger partial charge in [-0.1, -0.05) is 13.8 Å². The third-order valence-corrected chi connectivity index (χ3v) is 3.04. The van der Waals surface area contributed by atoms with E-state index >= 15 is 0 Å². The Morgan fingerprint density at radius 2 is 2.31 bits per heavy atom. The van der Waals surface area contributed by atoms with Crippen LogP contribution in [0.25, 0.3) is 0 Å². The maximum Gasteiger partial charge on any atom is 0.0638 e. The van der Waals surface area contributed by atoms with E-state index in [2.05, 4.69) is 30.1 Å². The van der Waals surface area contributed by atoms with Crippen molar-refractivity contribution in [2.45, 2.75) is 26.3 Å². The van der Waals surface area contributed by atoms with E-state index in [1.165, 1.54) is 0 Å². The van der Waals surface area contributed by atoms with Crippen LogP contribution in [0.15, 0.2) is 0 Å². The number of hydrogen-bond donors (Lipinski definition) is 1. The summed E-state index contributed by atoms with van der Waals surface area (Å²) in [5, 5.41) is 12.3. The average molecular weight is 225 g/mol. The van der Waals surface area contributed by atoms with E-state index in [1.54, 1.807) is 7.11 Å². The van der Waals surface area contributed by atoms with Crippen LogP contribution >= 0.6 is 0 Å². The minimum atomic E-state index is 0.262. The van der Waals surface area contributed by atoms with Crippen molar-refractivity contribution in [3.63, 3.8) is 0 Å². The van der Waals surface area contributed by atoms with Crippen molar-refractivity contribution in [2.75, 3.05) is 39.9 Å². The molecular formula is C12H23N3O. The predicted molar refractivity (Wildman–Crippen MR) is 64.1 cm³/mol. The van der Waals surface area contributed by atoms with Crippen LogP contribution in [-0.2, 0) is 4.74 Å². The van der Waals surface area contributed by atoms with Gasteiger partial charge in [-0.15, -0.1) is 0 Å². The van der Waals surface area contributed by atoms with Gasteiger partial charge in [0, 0.05) is 39.3 Å². The first kappa shape index (κ1) is 13.4. The van der Waals surface area contributed by atoms with Crippen molar-refractivity contribution in [2.24, 2.45) is 5.41 Å². The number of nitrogens with zero attached hydrogens (tertiary/aromatic N) is 2. The number of nitrogens with one attached hydrogen (secondary N) is 1. The Morgan fingerprint density at radius 1 is 1.56 bits per heavy atom. The predicted octanol–water partition coefficient (Wildman–Crippen LogP) is 0.846. The van der Waals surface area contributed by atoms with Crippen LogP contribution in [0.4, 0.5) is 0 Å². The summed E-state index contributed by atoms with van der Waals surface area (Å²) in [5.74, 6) is 0. The number of methoxy groups -OCH3 is 1. The number of nitriles is 1. The summed E-state index contributed by atoms with van der Waals surface area (Å²) in [6.07, 6.45) is 0.590. The molecule has 0 amide bonds. The highest BCUT2D eigenvalue weighted by Crippen LogP contribution is 2.21. The molecule has 1 N–H and O–H groups in total. The van der Waals surface area contributed by atoms with Crippen molar-refractivity contribution >= 4 is 0 Å². The second kappa shape index (κ2) is 6.19. The molecule has 0 bridgehead atoms. The largest absolute Gasteiger partial charge is 0.383 e. The summed E-state index contributed by atoms with van der Waals surface area (Å²) >= 11 is 0. The summed E-state index contributed by atoms with van der Waals surface area (Å²) in [4.78, 5) is 2.38. The lowest BCUT2D eigenvalue weighted by molar-refractivity contribution is 0.103. The third-order valence-electron chi connectivity index (χ3n) is 3.04. The zero-order chi connectivity index (χ0) is 12.0. The number of rotatable bonds is 4. The molecule has 4 heteroatoms. The zero-order valence-corrected chi connectivity index (χ0v) is 10.6. The minimum Gasteiger partial charge on any atom is -0.383 e. The SMILES string of the molecule is COCCN1CC(C)(C)CNCC1CC#N. The molecule has 1 atom stereocenters. The van der Waals surface area contributed by atoms with E-state index in [-0.39, 0.29) is 5.41 Å². The van der Waals surface area contributed by atoms with Crippen molar-refractivity contribution < 1.29 is 4.74 Å². The molecule has 0 aromatic heterocycles. The molecule has 0 aromatic carbocycles. The first-order valence-electron chi connectivity index (χ1n) is 5.90. The second-order valence-corrected chi connectivity index (χ2v) is 5.27. The van der Waals surface area contributed by atoms with Gasteiger partial charge >= 0.3 is 0 Å². The molecule has 16 heavy (non-hydrogen) atoms. The van der Waals surface area contributed by atoms with Crippen LogP contribution in [0.5, 0.6) is 0 Å². The molecule has 4 nitrogen and oxygen atoms in total. The van der Waals surface area contributed by atoms with Gasteiger partial charge in [-0.2, -0.15) is 5.26 Å². The van der Waals surface area contributed by atoms with Crippen LogP contribution < -0.4 is 5.32 Å². The fraction of sp³-hybridized carbons (Fsp3) is 0.917. The van der Waals surface area contributed by atoms with Gasteiger partial charge in [0.05, 0.1) is 19.1 Å². The van der Waals surface area contributed by atoms with Crippen molar-refractivity contribution in [3.05, 3.63) is 0 Å². The van der Waals surface area contributed by atoms with Crippen LogP contribution in [0.2, 0.25) is 0 Å². The summed E-state index contributed by atoms with van der Waals surface area (Å²) in [6, 6.07) is 2.60. The van der Waals surface area contributed by atoms with E-state index in [0.717, 1.165) is 32.8 Å². The van der Waals surface area contributed by atoms with Gasteiger partial charge in [-0.05, 0) is 5.41 Å². The van der Waals surface area contributed by atoms with Gasteiger partial charge in [0.2, 0.25) is 0 Å². The lowest BCUT2D eigenvalue weighted by atomic mass is 9.93. The molecular weight excluding hydrogens is 202 g/mol. The maximum absolute atomic E-state index is 8.85. The molecule has 0 radical (unpaired) electrons. The molecule has 1 aliphatic rings. The van der Waals surface area contributed by atoms with Gasteiger partial charge < -0.3 is 10.1 Å². The molecule has 0 aromatic rings. The van der Waals surface area contributed by atoms with Crippen LogP contribution in [0.3, 0.4) is 0 Å². The highest BCUT2D eigenvalue weighted by Gasteiger charge is 2.29. The Hall–Kier alpha value is -0.630. The summed E-state index contributed by atoms with van der Waals surface area (Å²) in [6.45, 7) is 9.10. The fourth-order valence-electron chi connectivity index (χ4n) is 2.22. The van der Waals surface area contributed by atoms with Gasteiger partial charge in [0.25, 0.3) is 0 Å². The Morgan fingerprint density at radius 3 is 2.94 bits per heavy atom. The Balaban J connectivity index is 2.63. The molecule has 92 valence electrons. The molecule has 0 spiro atoms. The Kier molecular flexibility index (Phi) is 5.20. The van der Waals surface area contributed by atoms with E-state index < -0.39 is 0 Å². The molecule has 1 aliphatic heterocycles. The normalized spacial score (nSPS) is 26.0. The summed E-state index contributed by atoms with van der Waals surface area (Å²) < 4.78 is 5.14. The van der Waals surface area contributed by atoms with E-state index in [0.29, 0.717) is 12.5 Å². The zero-order valence-electron chi connectivity index (χ0n) is 10.6. The molecule has 1 saturated heterocycles. The van der Waals surface area contributed by atoms with Gasteiger partial charge in [-0.3, -0.25) is 4.90 Å².